The van der Waals surface area contributed by atoms with Crippen LogP contribution in [-0.4, -0.2) is 151 Å². The summed E-state index contributed by atoms with van der Waals surface area (Å²) >= 11 is 2.99. The van der Waals surface area contributed by atoms with Gasteiger partial charge in [-0.05, 0) is 131 Å². The average Bonchev–Trinajstić information content (AvgIpc) is 3.97. The van der Waals surface area contributed by atoms with Crippen molar-refractivity contribution in [1.82, 2.24) is 34.4 Å². The van der Waals surface area contributed by atoms with Gasteiger partial charge in [0.15, 0.2) is 38.8 Å². The summed E-state index contributed by atoms with van der Waals surface area (Å²) in [7, 11) is 7.35. The molecule has 0 aliphatic carbocycles. The predicted molar refractivity (Wildman–Crippen MR) is 340 cm³/mol. The molecular formula is C63H84FN9O5S2Si2. The molecule has 0 saturated carbocycles. The van der Waals surface area contributed by atoms with E-state index in [-0.39, 0.29) is 29.2 Å². The van der Waals surface area contributed by atoms with Crippen LogP contribution in [0.5, 0.6) is 5.75 Å². The first-order chi connectivity index (χ1) is 39.1. The molecule has 0 N–H and O–H groups in total. The number of aromatic nitrogens is 4. The Bertz CT molecular complexity index is 3270. The van der Waals surface area contributed by atoms with Crippen LogP contribution in [0.15, 0.2) is 114 Å². The number of para-hydroxylation sites is 1. The van der Waals surface area contributed by atoms with Gasteiger partial charge in [-0.25, -0.2) is 14.2 Å². The summed E-state index contributed by atoms with van der Waals surface area (Å²) in [5.41, 5.74) is 2.65. The highest BCUT2D eigenvalue weighted by Gasteiger charge is 2.51. The number of esters is 1. The topological polar surface area (TPSA) is 123 Å². The number of hydrogen-bond acceptors (Lipinski definition) is 15. The lowest BCUT2D eigenvalue weighted by molar-refractivity contribution is 0.0593. The van der Waals surface area contributed by atoms with Crippen molar-refractivity contribution in [3.8, 4) is 17.6 Å². The number of carbonyl (C=O) groups is 1. The molecule has 1 atom stereocenters. The van der Waals surface area contributed by atoms with Gasteiger partial charge in [-0.2, -0.15) is 4.99 Å². The summed E-state index contributed by atoms with van der Waals surface area (Å²) in [6.45, 7) is 20.8. The number of likely N-dealkylation sites (N-methyl/N-ethyl adjacent to an activating group) is 2. The SMILES string of the molecule is COC(=O)c1nc(N(CCCC(CN(C)CCN(C)C)O[Si](c2ccccc2)(c2ccccc2)C(C)(C)C)c2cc(C)c(N=c3sc4ccccc4n3COCC[Si](C)(C)C)nn2)sc1CCCOc1ccc(C#CCN(C)C)cc1F. The molecule has 19 heteroatoms. The molecule has 438 valence electrons. The number of hydrogen-bond donors (Lipinski definition) is 0. The molecular weight excluding hydrogens is 1100 g/mol. The maximum Gasteiger partial charge on any atom is 0.357 e. The fourth-order valence-corrected chi connectivity index (χ4v) is 17.2. The number of ether oxygens (including phenoxy) is 3. The zero-order chi connectivity index (χ0) is 59.0. The van der Waals surface area contributed by atoms with Crippen molar-refractivity contribution in [1.29, 1.82) is 0 Å². The third-order valence-electron chi connectivity index (χ3n) is 14.0. The first-order valence-electron chi connectivity index (χ1n) is 28.2. The largest absolute Gasteiger partial charge is 0.491 e. The van der Waals surface area contributed by atoms with E-state index in [0.717, 1.165) is 44.6 Å². The van der Waals surface area contributed by atoms with E-state index in [0.29, 0.717) is 81.0 Å². The minimum absolute atomic E-state index is 0.140. The third kappa shape index (κ3) is 17.3. The molecule has 7 aromatic rings. The molecule has 0 spiro atoms. The number of halogens is 1. The number of rotatable bonds is 28. The van der Waals surface area contributed by atoms with Gasteiger partial charge in [-0.15, -0.1) is 21.5 Å². The van der Waals surface area contributed by atoms with E-state index in [2.05, 4.69) is 165 Å². The van der Waals surface area contributed by atoms with Crippen LogP contribution < -0.4 is 24.8 Å². The van der Waals surface area contributed by atoms with Gasteiger partial charge in [-0.3, -0.25) is 9.47 Å². The number of carbonyl (C=O) groups excluding carboxylic acids is 1. The second kappa shape index (κ2) is 29.5. The molecule has 14 nitrogen and oxygen atoms in total. The van der Waals surface area contributed by atoms with E-state index in [9.17, 15) is 4.79 Å². The fraction of sp³-hybridized carbons (Fsp3) is 0.444. The minimum atomic E-state index is -2.97. The summed E-state index contributed by atoms with van der Waals surface area (Å²) in [4.78, 5) is 33.9. The van der Waals surface area contributed by atoms with Crippen molar-refractivity contribution in [2.45, 2.75) is 96.9 Å². The Balaban J connectivity index is 1.24. The first-order valence-corrected chi connectivity index (χ1v) is 35.5. The van der Waals surface area contributed by atoms with Crippen LogP contribution in [0, 0.1) is 24.6 Å². The summed E-state index contributed by atoms with van der Waals surface area (Å²) in [5.74, 6) is 6.21. The maximum absolute atomic E-state index is 15.2. The highest BCUT2D eigenvalue weighted by Crippen LogP contribution is 2.39. The summed E-state index contributed by atoms with van der Waals surface area (Å²) in [6.07, 6.45) is 2.13. The molecule has 4 aromatic carbocycles. The zero-order valence-electron chi connectivity index (χ0n) is 50.4. The quantitative estimate of drug-likeness (QED) is 0.0201. The number of benzene rings is 4. The highest BCUT2D eigenvalue weighted by molar-refractivity contribution is 7.16. The number of aryl methyl sites for hydroxylation is 2. The van der Waals surface area contributed by atoms with Crippen LogP contribution >= 0.6 is 22.7 Å². The number of nitrogens with zero attached hydrogens (tertiary/aromatic N) is 9. The molecule has 3 heterocycles. The lowest BCUT2D eigenvalue weighted by atomic mass is 10.2. The summed E-state index contributed by atoms with van der Waals surface area (Å²) < 4.78 is 43.9. The van der Waals surface area contributed by atoms with E-state index in [4.69, 9.17) is 38.8 Å². The van der Waals surface area contributed by atoms with Gasteiger partial charge in [0.2, 0.25) is 0 Å². The molecule has 0 radical (unpaired) electrons. The maximum atomic E-state index is 15.2. The summed E-state index contributed by atoms with van der Waals surface area (Å²) in [6, 6.07) is 37.7. The van der Waals surface area contributed by atoms with Gasteiger partial charge in [0.1, 0.15) is 6.73 Å². The molecule has 7 rings (SSSR count). The summed E-state index contributed by atoms with van der Waals surface area (Å²) in [5, 5.41) is 12.5. The lowest BCUT2D eigenvalue weighted by Crippen LogP contribution is -2.68. The Morgan fingerprint density at radius 3 is 2.16 bits per heavy atom. The molecule has 0 aliphatic rings. The van der Waals surface area contributed by atoms with E-state index >= 15 is 4.39 Å². The number of fused-ring (bicyclic) bond motifs is 1. The average molecular weight is 1190 g/mol. The number of thiazole rings is 2. The second-order valence-corrected chi connectivity index (χ2v) is 35.6. The van der Waals surface area contributed by atoms with Crippen molar-refractivity contribution in [2.24, 2.45) is 4.99 Å². The van der Waals surface area contributed by atoms with Gasteiger partial charge in [0, 0.05) is 51.3 Å². The third-order valence-corrected chi connectivity index (χ3v) is 23.0. The van der Waals surface area contributed by atoms with Gasteiger partial charge in [-0.1, -0.05) is 136 Å². The monoisotopic (exact) mass is 1190 g/mol. The van der Waals surface area contributed by atoms with Crippen molar-refractivity contribution in [3.05, 3.63) is 142 Å². The Morgan fingerprint density at radius 1 is 0.829 bits per heavy atom. The zero-order valence-corrected chi connectivity index (χ0v) is 54.1. The molecule has 0 saturated heterocycles. The van der Waals surface area contributed by atoms with Crippen LogP contribution in [0.1, 0.15) is 66.5 Å². The molecule has 1 unspecified atom stereocenters. The van der Waals surface area contributed by atoms with Crippen LogP contribution in [-0.2, 0) is 27.1 Å². The smallest absolute Gasteiger partial charge is 0.357 e. The van der Waals surface area contributed by atoms with Crippen molar-refractivity contribution in [3.63, 3.8) is 0 Å². The van der Waals surface area contributed by atoms with E-state index < -0.39 is 28.2 Å². The Labute approximate surface area is 496 Å². The molecule has 0 bridgehead atoms. The van der Waals surface area contributed by atoms with E-state index in [1.807, 2.05) is 44.1 Å². The highest BCUT2D eigenvalue weighted by atomic mass is 32.1. The van der Waals surface area contributed by atoms with Crippen molar-refractivity contribution < 1.29 is 27.8 Å². The van der Waals surface area contributed by atoms with E-state index in [1.165, 1.54) is 34.9 Å². The van der Waals surface area contributed by atoms with Crippen LogP contribution in [0.25, 0.3) is 10.2 Å². The standard InChI is InChI=1S/C63H84FN9O5S2Si2/c1-47-43-57(67-68-59(47)66-62-73(46-76-41-42-81(11,12)13)53-31-20-21-32-55(53)79-62)72(61-65-58(60(74)75-10)56(80-61)33-24-40-77-54-35-34-48(44-52(54)64)25-22-36-69(5)6)37-23-26-49(45-71(9)39-38-70(7)8)78-82(63(2,3)4,50-27-16-14-17-28-50)51-29-18-15-19-30-51/h14-21,27-32,34-35,43-44,49H,23-24,26,33,36-42,45-46H2,1-13H3. The van der Waals surface area contributed by atoms with Gasteiger partial charge in [0.25, 0.3) is 8.32 Å². The molecule has 3 aromatic heterocycles. The fourth-order valence-electron chi connectivity index (χ4n) is 9.58. The van der Waals surface area contributed by atoms with Crippen LogP contribution in [0.4, 0.5) is 21.2 Å². The predicted octanol–water partition coefficient (Wildman–Crippen LogP) is 11.0. The number of methoxy groups -OCH3 is 1. The normalized spacial score (nSPS) is 12.8. The second-order valence-electron chi connectivity index (χ2n) is 23.6. The van der Waals surface area contributed by atoms with Gasteiger partial charge < -0.3 is 33.3 Å². The van der Waals surface area contributed by atoms with Crippen molar-refractivity contribution >= 4 is 82.4 Å². The first kappa shape index (κ1) is 63.7. The molecule has 0 aliphatic heterocycles. The molecule has 0 amide bonds. The van der Waals surface area contributed by atoms with Crippen molar-refractivity contribution in [2.75, 3.05) is 93.2 Å². The molecule has 0 fully saturated rings. The Kier molecular flexibility index (Phi) is 22.9. The molecule has 82 heavy (non-hydrogen) atoms. The van der Waals surface area contributed by atoms with Gasteiger partial charge >= 0.3 is 5.97 Å². The minimum Gasteiger partial charge on any atom is -0.491 e. The Morgan fingerprint density at radius 2 is 1.52 bits per heavy atom. The van der Waals surface area contributed by atoms with Crippen LogP contribution in [0.3, 0.4) is 0 Å². The van der Waals surface area contributed by atoms with E-state index in [1.54, 1.807) is 23.5 Å². The lowest BCUT2D eigenvalue weighted by Gasteiger charge is -2.46. The number of anilines is 2. The van der Waals surface area contributed by atoms with Crippen LogP contribution in [0.2, 0.25) is 30.7 Å². The van der Waals surface area contributed by atoms with Gasteiger partial charge in [0.05, 0.1) is 36.6 Å². The Hall–Kier alpha value is -5.93.